The van der Waals surface area contributed by atoms with Crippen LogP contribution in [0, 0.1) is 10.1 Å². The number of nitro groups is 1. The lowest BCUT2D eigenvalue weighted by Gasteiger charge is -2.06. The van der Waals surface area contributed by atoms with Gasteiger partial charge in [0.15, 0.2) is 11.0 Å². The van der Waals surface area contributed by atoms with Crippen LogP contribution in [0.1, 0.15) is 5.56 Å². The predicted octanol–water partition coefficient (Wildman–Crippen LogP) is 1.56. The number of nitrogens with zero attached hydrogens (tertiary/aromatic N) is 3. The first-order valence-electron chi connectivity index (χ1n) is 5.05. The van der Waals surface area contributed by atoms with Crippen LogP contribution in [0.2, 0.25) is 0 Å². The molecular weight excluding hydrogens is 270 g/mol. The fourth-order valence-electron chi connectivity index (χ4n) is 1.39. The molecule has 1 heterocycles. The maximum Gasteiger partial charge on any atom is 0.270 e. The van der Waals surface area contributed by atoms with E-state index in [1.807, 2.05) is 0 Å². The molecule has 0 fully saturated rings. The number of hydrogen-bond acceptors (Lipinski definition) is 6. The molecule has 4 N–H and O–H groups in total. The lowest BCUT2D eigenvalue weighted by molar-refractivity contribution is -0.384. The van der Waals surface area contributed by atoms with Gasteiger partial charge in [-0.25, -0.2) is 4.98 Å². The molecule has 1 aromatic heterocycles. The highest BCUT2D eigenvalue weighted by atomic mass is 32.2. The van der Waals surface area contributed by atoms with E-state index in [1.54, 1.807) is 12.4 Å². The van der Waals surface area contributed by atoms with E-state index in [4.69, 9.17) is 10.9 Å². The van der Waals surface area contributed by atoms with Crippen molar-refractivity contribution in [3.63, 3.8) is 0 Å². The monoisotopic (exact) mass is 279 g/mol. The molecule has 2 rings (SSSR count). The van der Waals surface area contributed by atoms with Gasteiger partial charge in [-0.1, -0.05) is 16.9 Å². The summed E-state index contributed by atoms with van der Waals surface area (Å²) in [6.45, 7) is 0. The number of rotatable bonds is 4. The number of benzene rings is 1. The molecule has 0 aliphatic carbocycles. The van der Waals surface area contributed by atoms with E-state index < -0.39 is 4.92 Å². The van der Waals surface area contributed by atoms with Gasteiger partial charge in [0.05, 0.1) is 4.92 Å². The van der Waals surface area contributed by atoms with Crippen LogP contribution < -0.4 is 5.73 Å². The van der Waals surface area contributed by atoms with E-state index in [2.05, 4.69) is 15.1 Å². The summed E-state index contributed by atoms with van der Waals surface area (Å²) in [6.07, 6.45) is 3.23. The van der Waals surface area contributed by atoms with E-state index in [0.29, 0.717) is 10.1 Å². The Labute approximate surface area is 111 Å². The largest absolute Gasteiger partial charge is 0.409 e. The van der Waals surface area contributed by atoms with E-state index in [-0.39, 0.29) is 17.1 Å². The number of amidine groups is 1. The van der Waals surface area contributed by atoms with Crippen LogP contribution in [-0.4, -0.2) is 25.9 Å². The Kier molecular flexibility index (Phi) is 3.66. The number of aromatic nitrogens is 2. The van der Waals surface area contributed by atoms with Crippen molar-refractivity contribution < 1.29 is 10.1 Å². The van der Waals surface area contributed by atoms with Crippen molar-refractivity contribution in [1.82, 2.24) is 9.97 Å². The van der Waals surface area contributed by atoms with Gasteiger partial charge in [0.1, 0.15) is 0 Å². The van der Waals surface area contributed by atoms with Crippen molar-refractivity contribution in [2.45, 2.75) is 10.1 Å². The van der Waals surface area contributed by atoms with Gasteiger partial charge >= 0.3 is 0 Å². The molecule has 0 bridgehead atoms. The standard InChI is InChI=1S/C10H9N5O3S/c11-9(14-16)7-5-6(15(17)18)1-2-8(7)19-10-12-3-4-13-10/h1-5,16H,(H2,11,14)(H,12,13). The van der Waals surface area contributed by atoms with E-state index >= 15 is 0 Å². The molecule has 0 saturated carbocycles. The Morgan fingerprint density at radius 1 is 1.58 bits per heavy atom. The van der Waals surface area contributed by atoms with Crippen LogP contribution in [0.15, 0.2) is 45.8 Å². The van der Waals surface area contributed by atoms with Crippen molar-refractivity contribution in [1.29, 1.82) is 0 Å². The van der Waals surface area contributed by atoms with Gasteiger partial charge < -0.3 is 15.9 Å². The minimum absolute atomic E-state index is 0.134. The second-order valence-electron chi connectivity index (χ2n) is 3.42. The van der Waals surface area contributed by atoms with E-state index in [0.717, 1.165) is 0 Å². The zero-order valence-electron chi connectivity index (χ0n) is 9.48. The van der Waals surface area contributed by atoms with Gasteiger partial charge in [-0.05, 0) is 6.07 Å². The van der Waals surface area contributed by atoms with Crippen molar-refractivity contribution in [2.75, 3.05) is 0 Å². The molecule has 19 heavy (non-hydrogen) atoms. The fourth-order valence-corrected chi connectivity index (χ4v) is 2.24. The summed E-state index contributed by atoms with van der Waals surface area (Å²) in [7, 11) is 0. The minimum Gasteiger partial charge on any atom is -0.409 e. The third-order valence-electron chi connectivity index (χ3n) is 2.24. The second kappa shape index (κ2) is 5.40. The lowest BCUT2D eigenvalue weighted by Crippen LogP contribution is -2.14. The first-order chi connectivity index (χ1) is 9.11. The molecule has 0 spiro atoms. The van der Waals surface area contributed by atoms with Gasteiger partial charge in [0, 0.05) is 35.0 Å². The van der Waals surface area contributed by atoms with Gasteiger partial charge in [0.25, 0.3) is 5.69 Å². The number of nitrogens with two attached hydrogens (primary N) is 1. The molecule has 0 aliphatic rings. The fraction of sp³-hybridized carbons (Fsp3) is 0. The zero-order valence-corrected chi connectivity index (χ0v) is 10.3. The number of hydrogen-bond donors (Lipinski definition) is 3. The molecular formula is C10H9N5O3S. The summed E-state index contributed by atoms with van der Waals surface area (Å²) >= 11 is 1.22. The number of nitro benzene ring substituents is 1. The molecule has 0 saturated heterocycles. The third-order valence-corrected chi connectivity index (χ3v) is 3.23. The molecule has 9 heteroatoms. The molecule has 0 aliphatic heterocycles. The zero-order chi connectivity index (χ0) is 13.8. The van der Waals surface area contributed by atoms with Crippen LogP contribution in [0.4, 0.5) is 5.69 Å². The van der Waals surface area contributed by atoms with Crippen molar-refractivity contribution in [3.8, 4) is 0 Å². The highest BCUT2D eigenvalue weighted by molar-refractivity contribution is 7.99. The Bertz CT molecular complexity index is 626. The minimum atomic E-state index is -0.546. The van der Waals surface area contributed by atoms with Gasteiger partial charge in [-0.2, -0.15) is 0 Å². The summed E-state index contributed by atoms with van der Waals surface area (Å²) in [5.41, 5.74) is 5.67. The Morgan fingerprint density at radius 2 is 2.37 bits per heavy atom. The summed E-state index contributed by atoms with van der Waals surface area (Å²) in [5, 5.41) is 22.9. The maximum absolute atomic E-state index is 10.7. The first-order valence-corrected chi connectivity index (χ1v) is 5.87. The average molecular weight is 279 g/mol. The topological polar surface area (TPSA) is 130 Å². The number of oxime groups is 1. The summed E-state index contributed by atoms with van der Waals surface area (Å²) in [4.78, 5) is 17.7. The smallest absolute Gasteiger partial charge is 0.270 e. The molecule has 2 aromatic rings. The third kappa shape index (κ3) is 2.83. The Morgan fingerprint density at radius 3 is 2.95 bits per heavy atom. The Hall–Kier alpha value is -2.55. The Balaban J connectivity index is 2.44. The van der Waals surface area contributed by atoms with Crippen LogP contribution in [0.3, 0.4) is 0 Å². The highest BCUT2D eigenvalue weighted by Crippen LogP contribution is 2.30. The number of non-ortho nitro benzene ring substituents is 1. The normalized spacial score (nSPS) is 11.5. The molecule has 98 valence electrons. The molecule has 0 amide bonds. The molecule has 1 aromatic carbocycles. The molecule has 0 atom stereocenters. The van der Waals surface area contributed by atoms with E-state index in [1.165, 1.54) is 30.0 Å². The van der Waals surface area contributed by atoms with Gasteiger partial charge in [0.2, 0.25) is 0 Å². The van der Waals surface area contributed by atoms with Crippen molar-refractivity contribution in [2.24, 2.45) is 10.9 Å². The van der Waals surface area contributed by atoms with Gasteiger partial charge in [-0.15, -0.1) is 0 Å². The number of imidazole rings is 1. The molecule has 8 nitrogen and oxygen atoms in total. The van der Waals surface area contributed by atoms with Gasteiger partial charge in [-0.3, -0.25) is 10.1 Å². The number of nitrogens with one attached hydrogen (secondary N) is 1. The quantitative estimate of drug-likeness (QED) is 0.256. The van der Waals surface area contributed by atoms with Crippen LogP contribution in [0.5, 0.6) is 0 Å². The van der Waals surface area contributed by atoms with Crippen LogP contribution >= 0.6 is 11.8 Å². The average Bonchev–Trinajstić information content (AvgIpc) is 2.91. The van der Waals surface area contributed by atoms with Crippen LogP contribution in [0.25, 0.3) is 0 Å². The SMILES string of the molecule is N/C(=N/O)c1cc([N+](=O)[O-])ccc1Sc1ncc[nH]1. The summed E-state index contributed by atoms with van der Waals surface area (Å²) in [6, 6.07) is 4.12. The molecule has 0 radical (unpaired) electrons. The number of aromatic amines is 1. The van der Waals surface area contributed by atoms with Crippen molar-refractivity contribution >= 4 is 23.3 Å². The lowest BCUT2D eigenvalue weighted by atomic mass is 10.2. The summed E-state index contributed by atoms with van der Waals surface area (Å²) in [5.74, 6) is -0.197. The first kappa shape index (κ1) is 12.9. The maximum atomic E-state index is 10.7. The second-order valence-corrected chi connectivity index (χ2v) is 4.45. The summed E-state index contributed by atoms with van der Waals surface area (Å²) < 4.78 is 0. The van der Waals surface area contributed by atoms with Crippen LogP contribution in [-0.2, 0) is 0 Å². The van der Waals surface area contributed by atoms with Crippen molar-refractivity contribution in [3.05, 3.63) is 46.3 Å². The highest BCUT2D eigenvalue weighted by Gasteiger charge is 2.15. The molecule has 0 unspecified atom stereocenters. The predicted molar refractivity (Wildman–Crippen MR) is 68.3 cm³/mol. The van der Waals surface area contributed by atoms with E-state index in [9.17, 15) is 10.1 Å². The number of H-pyrrole nitrogens is 1.